The van der Waals surface area contributed by atoms with E-state index in [9.17, 15) is 8.78 Å². The zero-order valence-electron chi connectivity index (χ0n) is 23.2. The smallest absolute Gasteiger partial charge is 0.164 e. The maximum atomic E-state index is 14.5. The summed E-state index contributed by atoms with van der Waals surface area (Å²) in [4.78, 5) is 22.1. The van der Waals surface area contributed by atoms with Crippen LogP contribution in [-0.2, 0) is 4.84 Å². The average molecular weight is 550 g/mol. The van der Waals surface area contributed by atoms with Gasteiger partial charge in [-0.25, -0.2) is 23.8 Å². The monoisotopic (exact) mass is 549 g/mol. The first-order valence-corrected chi connectivity index (χ1v) is 14.2. The number of anilines is 4. The van der Waals surface area contributed by atoms with Gasteiger partial charge in [0.25, 0.3) is 0 Å². The number of likely N-dealkylation sites (N-methyl/N-ethyl adjacent to an activating group) is 1. The summed E-state index contributed by atoms with van der Waals surface area (Å²) in [5.41, 5.74) is 3.66. The number of piperidine rings is 1. The van der Waals surface area contributed by atoms with Crippen molar-refractivity contribution in [1.82, 2.24) is 19.8 Å². The minimum Gasteiger partial charge on any atom is -0.371 e. The molecule has 3 aromatic rings. The summed E-state index contributed by atoms with van der Waals surface area (Å²) in [6.07, 6.45) is 4.38. The van der Waals surface area contributed by atoms with Crippen molar-refractivity contribution in [1.29, 1.82) is 0 Å². The van der Waals surface area contributed by atoms with Gasteiger partial charge >= 0.3 is 0 Å². The van der Waals surface area contributed by atoms with Gasteiger partial charge in [0.15, 0.2) is 17.5 Å². The summed E-state index contributed by atoms with van der Waals surface area (Å²) in [6, 6.07) is 12.6. The van der Waals surface area contributed by atoms with E-state index in [1.54, 1.807) is 17.2 Å². The molecule has 0 bridgehead atoms. The lowest BCUT2D eigenvalue weighted by Gasteiger charge is -2.43. The van der Waals surface area contributed by atoms with E-state index in [0.717, 1.165) is 24.8 Å². The lowest BCUT2D eigenvalue weighted by Crippen LogP contribution is -2.52. The predicted molar refractivity (Wildman–Crippen MR) is 153 cm³/mol. The molecular weight excluding hydrogens is 512 g/mol. The van der Waals surface area contributed by atoms with Gasteiger partial charge in [-0.2, -0.15) is 0 Å². The summed E-state index contributed by atoms with van der Waals surface area (Å²) < 4.78 is 28.4. The van der Waals surface area contributed by atoms with Crippen LogP contribution in [0.15, 0.2) is 48.8 Å². The minimum absolute atomic E-state index is 0.254. The lowest BCUT2D eigenvalue weighted by molar-refractivity contribution is 0.0982. The second-order valence-electron chi connectivity index (χ2n) is 11.1. The van der Waals surface area contributed by atoms with Crippen LogP contribution in [-0.4, -0.2) is 78.7 Å². The Kier molecular flexibility index (Phi) is 7.82. The Morgan fingerprint density at radius 2 is 1.73 bits per heavy atom. The van der Waals surface area contributed by atoms with Gasteiger partial charge in [-0.1, -0.05) is 12.1 Å². The number of rotatable bonds is 6. The Morgan fingerprint density at radius 1 is 0.925 bits per heavy atom. The number of hydrogen-bond acceptors (Lipinski definition) is 8. The molecule has 4 heterocycles. The summed E-state index contributed by atoms with van der Waals surface area (Å²) in [7, 11) is 2.21. The maximum Gasteiger partial charge on any atom is 0.164 e. The molecule has 3 saturated heterocycles. The van der Waals surface area contributed by atoms with E-state index >= 15 is 0 Å². The topological polar surface area (TPSA) is 60.0 Å². The van der Waals surface area contributed by atoms with Crippen LogP contribution in [0.5, 0.6) is 0 Å². The fourth-order valence-electron chi connectivity index (χ4n) is 6.19. The molecule has 8 nitrogen and oxygen atoms in total. The van der Waals surface area contributed by atoms with E-state index in [1.165, 1.54) is 62.7 Å². The quantitative estimate of drug-likeness (QED) is 0.466. The van der Waals surface area contributed by atoms with Gasteiger partial charge < -0.3 is 15.1 Å². The fourth-order valence-corrected chi connectivity index (χ4v) is 6.19. The van der Waals surface area contributed by atoms with Crippen LogP contribution in [0.1, 0.15) is 36.4 Å². The van der Waals surface area contributed by atoms with E-state index < -0.39 is 17.7 Å². The summed E-state index contributed by atoms with van der Waals surface area (Å²) >= 11 is 0. The van der Waals surface area contributed by atoms with E-state index in [2.05, 4.69) is 62.2 Å². The molecule has 1 atom stereocenters. The number of piperazine rings is 1. The van der Waals surface area contributed by atoms with E-state index in [0.29, 0.717) is 30.7 Å². The highest BCUT2D eigenvalue weighted by molar-refractivity contribution is 5.65. The Balaban J connectivity index is 1.11. The summed E-state index contributed by atoms with van der Waals surface area (Å²) in [5, 5.41) is 4.92. The van der Waals surface area contributed by atoms with Crippen molar-refractivity contribution in [2.75, 3.05) is 68.2 Å². The highest BCUT2D eigenvalue weighted by Gasteiger charge is 2.32. The first-order valence-electron chi connectivity index (χ1n) is 14.2. The molecule has 0 amide bonds. The first-order chi connectivity index (χ1) is 19.5. The molecule has 212 valence electrons. The van der Waals surface area contributed by atoms with Crippen LogP contribution >= 0.6 is 0 Å². The molecule has 1 N–H and O–H groups in total. The zero-order valence-corrected chi connectivity index (χ0v) is 23.2. The van der Waals surface area contributed by atoms with Crippen molar-refractivity contribution in [2.45, 2.75) is 38.3 Å². The normalized spacial score (nSPS) is 21.2. The van der Waals surface area contributed by atoms with Crippen molar-refractivity contribution < 1.29 is 13.6 Å². The van der Waals surface area contributed by atoms with Gasteiger partial charge in [0.2, 0.25) is 0 Å². The van der Waals surface area contributed by atoms with Crippen LogP contribution < -0.4 is 15.3 Å². The number of hydroxylamine groups is 1. The number of halogens is 2. The van der Waals surface area contributed by atoms with Gasteiger partial charge in [0.1, 0.15) is 12.1 Å². The van der Waals surface area contributed by atoms with Gasteiger partial charge in [-0.3, -0.25) is 9.74 Å². The second kappa shape index (κ2) is 11.6. The van der Waals surface area contributed by atoms with Gasteiger partial charge in [-0.15, -0.1) is 0 Å². The number of aromatic nitrogens is 2. The number of hydrogen-bond donors (Lipinski definition) is 1. The van der Waals surface area contributed by atoms with Crippen LogP contribution in [0, 0.1) is 18.6 Å². The highest BCUT2D eigenvalue weighted by Crippen LogP contribution is 2.36. The molecule has 1 aromatic heterocycles. The van der Waals surface area contributed by atoms with Crippen LogP contribution in [0.4, 0.5) is 31.8 Å². The Morgan fingerprint density at radius 3 is 2.50 bits per heavy atom. The van der Waals surface area contributed by atoms with Gasteiger partial charge in [0.05, 0.1) is 12.6 Å². The molecule has 3 aliphatic heterocycles. The molecule has 3 fully saturated rings. The van der Waals surface area contributed by atoms with Crippen molar-refractivity contribution in [3.05, 3.63) is 71.6 Å². The van der Waals surface area contributed by atoms with Gasteiger partial charge in [0, 0.05) is 74.7 Å². The van der Waals surface area contributed by atoms with Crippen molar-refractivity contribution in [2.24, 2.45) is 0 Å². The molecule has 0 saturated carbocycles. The third kappa shape index (κ3) is 5.61. The molecule has 2 aromatic carbocycles. The lowest BCUT2D eigenvalue weighted by atomic mass is 10.0. The fraction of sp³-hybridized carbons (Fsp3) is 0.467. The molecule has 40 heavy (non-hydrogen) atoms. The zero-order chi connectivity index (χ0) is 27.6. The Labute approximate surface area is 234 Å². The third-order valence-electron chi connectivity index (χ3n) is 8.45. The second-order valence-corrected chi connectivity index (χ2v) is 11.1. The maximum absolute atomic E-state index is 14.5. The third-order valence-corrected chi connectivity index (χ3v) is 8.45. The number of benzene rings is 2. The van der Waals surface area contributed by atoms with Crippen molar-refractivity contribution in [3.63, 3.8) is 0 Å². The average Bonchev–Trinajstić information content (AvgIpc) is 3.45. The number of nitrogens with zero attached hydrogens (tertiary/aromatic N) is 6. The summed E-state index contributed by atoms with van der Waals surface area (Å²) in [6.45, 7) is 9.37. The SMILES string of the molecule is Cc1cc(Nc2cc(N3OCC[C@@H]3c3cccc(F)c3F)ncn2)ccc1N1CCC(N2CCN(C)CC2)CC1. The van der Waals surface area contributed by atoms with E-state index in [-0.39, 0.29) is 5.56 Å². The predicted octanol–water partition coefficient (Wildman–Crippen LogP) is 4.91. The molecule has 3 aliphatic rings. The molecule has 6 rings (SSSR count). The standard InChI is InChI=1S/C30H37F2N7O/c1-21-18-22(6-7-26(21)38-11-8-23(9-12-38)37-15-13-36(2)14-16-37)35-28-19-29(34-20-33-28)39-27(10-17-40-39)24-4-3-5-25(31)30(24)32/h3-7,18-20,23,27H,8-17H2,1-2H3,(H,33,34,35)/t27-/m1/s1. The van der Waals surface area contributed by atoms with E-state index in [1.807, 2.05) is 0 Å². The minimum atomic E-state index is -0.868. The summed E-state index contributed by atoms with van der Waals surface area (Å²) in [5.74, 6) is -0.638. The molecule has 0 spiro atoms. The van der Waals surface area contributed by atoms with Crippen LogP contribution in [0.25, 0.3) is 0 Å². The van der Waals surface area contributed by atoms with Crippen LogP contribution in [0.2, 0.25) is 0 Å². The van der Waals surface area contributed by atoms with Crippen molar-refractivity contribution >= 4 is 23.0 Å². The van der Waals surface area contributed by atoms with Crippen LogP contribution in [0.3, 0.4) is 0 Å². The Bertz CT molecular complexity index is 1330. The van der Waals surface area contributed by atoms with E-state index in [4.69, 9.17) is 4.84 Å². The number of aryl methyl sites for hydroxylation is 1. The van der Waals surface area contributed by atoms with Gasteiger partial charge in [-0.05, 0) is 56.6 Å². The van der Waals surface area contributed by atoms with Crippen molar-refractivity contribution in [3.8, 4) is 0 Å². The Hall–Kier alpha value is -3.34. The molecule has 0 aliphatic carbocycles. The largest absolute Gasteiger partial charge is 0.371 e. The first kappa shape index (κ1) is 26.9. The number of nitrogens with one attached hydrogen (secondary N) is 1. The molecule has 10 heteroatoms. The molecule has 0 unspecified atom stereocenters. The molecular formula is C30H37F2N7O. The highest BCUT2D eigenvalue weighted by atomic mass is 19.2. The molecule has 0 radical (unpaired) electrons.